The third-order valence-electron chi connectivity index (χ3n) is 3.12. The highest BCUT2D eigenvalue weighted by Crippen LogP contribution is 2.17. The fourth-order valence-corrected chi connectivity index (χ4v) is 2.02. The lowest BCUT2D eigenvalue weighted by Crippen LogP contribution is -2.18. The van der Waals surface area contributed by atoms with E-state index in [4.69, 9.17) is 16.2 Å². The summed E-state index contributed by atoms with van der Waals surface area (Å²) in [5, 5.41) is 3.18. The van der Waals surface area contributed by atoms with E-state index in [0.717, 1.165) is 26.2 Å². The molecule has 5 N–H and O–H groups in total. The monoisotopic (exact) mass is 263 g/mol. The van der Waals surface area contributed by atoms with Gasteiger partial charge in [0, 0.05) is 35.9 Å². The van der Waals surface area contributed by atoms with E-state index in [2.05, 4.69) is 5.32 Å². The van der Waals surface area contributed by atoms with Crippen LogP contribution in [0.4, 0.5) is 5.69 Å². The number of nitrogens with one attached hydrogen (secondary N) is 1. The first-order valence-electron chi connectivity index (χ1n) is 6.12. The van der Waals surface area contributed by atoms with Crippen molar-refractivity contribution in [2.75, 3.05) is 25.1 Å². The molecule has 0 radical (unpaired) electrons. The van der Waals surface area contributed by atoms with Gasteiger partial charge in [-0.3, -0.25) is 9.59 Å². The lowest BCUT2D eigenvalue weighted by atomic mass is 10.1. The first-order chi connectivity index (χ1) is 9.06. The van der Waals surface area contributed by atoms with E-state index in [1.54, 1.807) is 12.1 Å². The van der Waals surface area contributed by atoms with Crippen molar-refractivity contribution in [3.05, 3.63) is 29.3 Å². The number of rotatable bonds is 5. The smallest absolute Gasteiger partial charge is 0.248 e. The van der Waals surface area contributed by atoms with E-state index in [0.29, 0.717) is 11.6 Å². The Kier molecular flexibility index (Phi) is 4.01. The molecule has 1 aromatic carbocycles. The number of carbonyl (C=O) groups is 2. The number of hydrogen-bond donors (Lipinski definition) is 3. The second-order valence-corrected chi connectivity index (χ2v) is 4.64. The Morgan fingerprint density at radius 2 is 1.84 bits per heavy atom. The molecule has 2 rings (SSSR count). The molecule has 0 aliphatic carbocycles. The largest absolute Gasteiger partial charge is 0.385 e. The van der Waals surface area contributed by atoms with Gasteiger partial charge in [-0.1, -0.05) is 0 Å². The maximum atomic E-state index is 11.2. The van der Waals surface area contributed by atoms with Crippen molar-refractivity contribution in [1.29, 1.82) is 0 Å². The summed E-state index contributed by atoms with van der Waals surface area (Å²) in [6, 6.07) is 4.63. The number of primary amides is 2. The quantitative estimate of drug-likeness (QED) is 0.711. The van der Waals surface area contributed by atoms with Crippen molar-refractivity contribution in [3.63, 3.8) is 0 Å². The molecular weight excluding hydrogens is 246 g/mol. The lowest BCUT2D eigenvalue weighted by Gasteiger charge is -2.12. The van der Waals surface area contributed by atoms with Crippen molar-refractivity contribution in [3.8, 4) is 0 Å². The van der Waals surface area contributed by atoms with E-state index in [-0.39, 0.29) is 11.1 Å². The van der Waals surface area contributed by atoms with Gasteiger partial charge >= 0.3 is 0 Å². The minimum absolute atomic E-state index is 0.265. The first kappa shape index (κ1) is 13.4. The van der Waals surface area contributed by atoms with Crippen LogP contribution in [0.25, 0.3) is 0 Å². The summed E-state index contributed by atoms with van der Waals surface area (Å²) in [5.74, 6) is -0.736. The number of hydrogen-bond acceptors (Lipinski definition) is 4. The second kappa shape index (κ2) is 5.71. The van der Waals surface area contributed by atoms with Gasteiger partial charge < -0.3 is 21.5 Å². The summed E-state index contributed by atoms with van der Waals surface area (Å²) >= 11 is 0. The fourth-order valence-electron chi connectivity index (χ4n) is 2.02. The van der Waals surface area contributed by atoms with Gasteiger partial charge in [-0.05, 0) is 24.6 Å². The molecule has 1 atom stereocenters. The van der Waals surface area contributed by atoms with Crippen LogP contribution in [0, 0.1) is 5.92 Å². The zero-order valence-electron chi connectivity index (χ0n) is 10.5. The highest BCUT2D eigenvalue weighted by molar-refractivity contribution is 5.99. The molecule has 0 saturated carbocycles. The normalized spacial score (nSPS) is 18.2. The lowest BCUT2D eigenvalue weighted by molar-refractivity contribution is 0.0999. The molecule has 1 aliphatic heterocycles. The number of carbonyl (C=O) groups excluding carboxylic acids is 2. The minimum atomic E-state index is -0.588. The van der Waals surface area contributed by atoms with Crippen molar-refractivity contribution in [2.45, 2.75) is 6.42 Å². The zero-order valence-corrected chi connectivity index (χ0v) is 10.5. The highest BCUT2D eigenvalue weighted by Gasteiger charge is 2.16. The molecule has 0 aromatic heterocycles. The average Bonchev–Trinajstić information content (AvgIpc) is 2.89. The van der Waals surface area contributed by atoms with Crippen LogP contribution < -0.4 is 16.8 Å². The van der Waals surface area contributed by atoms with Gasteiger partial charge in [0.15, 0.2) is 0 Å². The summed E-state index contributed by atoms with van der Waals surface area (Å²) < 4.78 is 5.28. The van der Waals surface area contributed by atoms with E-state index in [1.165, 1.54) is 6.07 Å². The minimum Gasteiger partial charge on any atom is -0.385 e. The zero-order chi connectivity index (χ0) is 13.8. The fraction of sp³-hybridized carbons (Fsp3) is 0.385. The van der Waals surface area contributed by atoms with Crippen LogP contribution in [0.15, 0.2) is 18.2 Å². The topological polar surface area (TPSA) is 107 Å². The molecule has 0 bridgehead atoms. The van der Waals surface area contributed by atoms with Gasteiger partial charge in [0.1, 0.15) is 0 Å². The number of benzene rings is 1. The highest BCUT2D eigenvalue weighted by atomic mass is 16.5. The second-order valence-electron chi connectivity index (χ2n) is 4.64. The number of ether oxygens (including phenoxy) is 1. The van der Waals surface area contributed by atoms with Crippen molar-refractivity contribution in [1.82, 2.24) is 0 Å². The molecule has 2 amide bonds. The van der Waals surface area contributed by atoms with E-state index in [9.17, 15) is 9.59 Å². The van der Waals surface area contributed by atoms with E-state index in [1.807, 2.05) is 0 Å². The Morgan fingerprint density at radius 3 is 2.32 bits per heavy atom. The van der Waals surface area contributed by atoms with E-state index >= 15 is 0 Å². The summed E-state index contributed by atoms with van der Waals surface area (Å²) in [4.78, 5) is 22.4. The molecule has 1 unspecified atom stereocenters. The molecule has 1 saturated heterocycles. The first-order valence-corrected chi connectivity index (χ1v) is 6.12. The van der Waals surface area contributed by atoms with Crippen molar-refractivity contribution in [2.24, 2.45) is 17.4 Å². The Bertz CT molecular complexity index is 464. The third kappa shape index (κ3) is 3.45. The molecule has 1 aromatic rings. The Morgan fingerprint density at radius 1 is 1.21 bits per heavy atom. The Labute approximate surface area is 111 Å². The third-order valence-corrected chi connectivity index (χ3v) is 3.12. The molecular formula is C13H17N3O3. The standard InChI is InChI=1S/C13H17N3O3/c14-12(17)9-3-10(13(15)18)5-11(4-9)16-6-8-1-2-19-7-8/h3-5,8,16H,1-2,6-7H2,(H2,14,17)(H2,15,18). The van der Waals surface area contributed by atoms with Crippen LogP contribution in [0.1, 0.15) is 27.1 Å². The van der Waals surface area contributed by atoms with E-state index < -0.39 is 11.8 Å². The summed E-state index contributed by atoms with van der Waals surface area (Å²) in [7, 11) is 0. The number of nitrogens with two attached hydrogens (primary N) is 2. The van der Waals surface area contributed by atoms with Crippen LogP contribution in [0.5, 0.6) is 0 Å². The number of anilines is 1. The SMILES string of the molecule is NC(=O)c1cc(NCC2CCOC2)cc(C(N)=O)c1. The van der Waals surface area contributed by atoms with Gasteiger partial charge in [-0.25, -0.2) is 0 Å². The molecule has 19 heavy (non-hydrogen) atoms. The van der Waals surface area contributed by atoms with Crippen molar-refractivity contribution >= 4 is 17.5 Å². The van der Waals surface area contributed by atoms with Crippen LogP contribution in [0.2, 0.25) is 0 Å². The van der Waals surface area contributed by atoms with Crippen molar-refractivity contribution < 1.29 is 14.3 Å². The summed E-state index contributed by atoms with van der Waals surface area (Å²) in [6.07, 6.45) is 1.01. The Balaban J connectivity index is 2.13. The Hall–Kier alpha value is -2.08. The molecule has 1 fully saturated rings. The van der Waals surface area contributed by atoms with Gasteiger partial charge in [0.25, 0.3) is 0 Å². The molecule has 1 heterocycles. The van der Waals surface area contributed by atoms with Gasteiger partial charge in [-0.2, -0.15) is 0 Å². The molecule has 102 valence electrons. The number of amides is 2. The van der Waals surface area contributed by atoms with Crippen LogP contribution in [-0.4, -0.2) is 31.6 Å². The maximum absolute atomic E-state index is 11.2. The van der Waals surface area contributed by atoms with Crippen LogP contribution in [-0.2, 0) is 4.74 Å². The molecule has 6 nitrogen and oxygen atoms in total. The molecule has 6 heteroatoms. The predicted octanol–water partition coefficient (Wildman–Crippen LogP) is 0.333. The molecule has 1 aliphatic rings. The summed E-state index contributed by atoms with van der Waals surface area (Å²) in [5.41, 5.74) is 11.7. The van der Waals surface area contributed by atoms with Crippen LogP contribution in [0.3, 0.4) is 0 Å². The average molecular weight is 263 g/mol. The molecule has 0 spiro atoms. The van der Waals surface area contributed by atoms with Gasteiger partial charge in [0.2, 0.25) is 11.8 Å². The summed E-state index contributed by atoms with van der Waals surface area (Å²) in [6.45, 7) is 2.23. The predicted molar refractivity (Wildman–Crippen MR) is 70.9 cm³/mol. The van der Waals surface area contributed by atoms with Gasteiger partial charge in [-0.15, -0.1) is 0 Å². The van der Waals surface area contributed by atoms with Gasteiger partial charge in [0.05, 0.1) is 6.61 Å². The van der Waals surface area contributed by atoms with Crippen LogP contribution >= 0.6 is 0 Å². The maximum Gasteiger partial charge on any atom is 0.248 e.